The minimum absolute atomic E-state index is 0.267. The van der Waals surface area contributed by atoms with Crippen LogP contribution in [0.15, 0.2) is 36.5 Å². The van der Waals surface area contributed by atoms with Crippen molar-refractivity contribution in [3.8, 4) is 0 Å². The van der Waals surface area contributed by atoms with Crippen molar-refractivity contribution in [1.29, 1.82) is 0 Å². The van der Waals surface area contributed by atoms with Crippen molar-refractivity contribution in [3.63, 3.8) is 0 Å². The van der Waals surface area contributed by atoms with Crippen molar-refractivity contribution in [2.75, 3.05) is 0 Å². The third-order valence-electron chi connectivity index (χ3n) is 4.24. The van der Waals surface area contributed by atoms with Crippen LogP contribution in [-0.2, 0) is 6.42 Å². The Morgan fingerprint density at radius 1 is 1.28 bits per heavy atom. The van der Waals surface area contributed by atoms with Gasteiger partial charge >= 0.3 is 0 Å². The number of nitrogens with two attached hydrogens (primary N) is 1. The van der Waals surface area contributed by atoms with Crippen LogP contribution in [0.3, 0.4) is 0 Å². The van der Waals surface area contributed by atoms with Gasteiger partial charge in [0.2, 0.25) is 0 Å². The third kappa shape index (κ3) is 2.25. The zero-order valence-electron chi connectivity index (χ0n) is 10.8. The Kier molecular flexibility index (Phi) is 3.04. The first-order chi connectivity index (χ1) is 8.75. The van der Waals surface area contributed by atoms with E-state index in [1.54, 1.807) is 0 Å². The first-order valence-electron chi connectivity index (χ1n) is 6.84. The molecule has 94 valence electrons. The van der Waals surface area contributed by atoms with Crippen LogP contribution in [0.2, 0.25) is 0 Å². The van der Waals surface area contributed by atoms with Crippen LogP contribution in [0.5, 0.6) is 0 Å². The highest BCUT2D eigenvalue weighted by Gasteiger charge is 2.31. The van der Waals surface area contributed by atoms with Crippen molar-refractivity contribution in [3.05, 3.63) is 42.1 Å². The van der Waals surface area contributed by atoms with Crippen molar-refractivity contribution in [2.45, 2.75) is 32.2 Å². The first-order valence-corrected chi connectivity index (χ1v) is 6.84. The Labute approximate surface area is 108 Å². The molecule has 1 aromatic heterocycles. The highest BCUT2D eigenvalue weighted by molar-refractivity contribution is 5.81. The number of hydrogen-bond acceptors (Lipinski definition) is 2. The number of benzene rings is 1. The lowest BCUT2D eigenvalue weighted by atomic mass is 9.91. The largest absolute Gasteiger partial charge is 0.327 e. The van der Waals surface area contributed by atoms with Gasteiger partial charge < -0.3 is 5.73 Å². The van der Waals surface area contributed by atoms with E-state index >= 15 is 0 Å². The molecule has 3 rings (SSSR count). The molecule has 1 aromatic carbocycles. The van der Waals surface area contributed by atoms with E-state index in [1.807, 2.05) is 12.3 Å². The van der Waals surface area contributed by atoms with Crippen LogP contribution >= 0.6 is 0 Å². The molecule has 2 heteroatoms. The summed E-state index contributed by atoms with van der Waals surface area (Å²) < 4.78 is 0. The average Bonchev–Trinajstić information content (AvgIpc) is 3.22. The highest BCUT2D eigenvalue weighted by Crippen LogP contribution is 2.38. The molecule has 0 aliphatic heterocycles. The van der Waals surface area contributed by atoms with Gasteiger partial charge in [0.1, 0.15) is 0 Å². The maximum Gasteiger partial charge on any atom is 0.0704 e. The van der Waals surface area contributed by atoms with Gasteiger partial charge in [0.05, 0.1) is 5.52 Å². The van der Waals surface area contributed by atoms with Gasteiger partial charge in [-0.1, -0.05) is 25.1 Å². The summed E-state index contributed by atoms with van der Waals surface area (Å²) in [5.74, 6) is 1.50. The van der Waals surface area contributed by atoms with Crippen molar-refractivity contribution in [2.24, 2.45) is 17.6 Å². The zero-order valence-corrected chi connectivity index (χ0v) is 10.8. The molecule has 1 aliphatic rings. The second-order valence-corrected chi connectivity index (χ2v) is 5.55. The second-order valence-electron chi connectivity index (χ2n) is 5.55. The van der Waals surface area contributed by atoms with E-state index in [0.29, 0.717) is 5.92 Å². The fourth-order valence-electron chi connectivity index (χ4n) is 2.74. The molecule has 2 N–H and O–H groups in total. The van der Waals surface area contributed by atoms with E-state index in [1.165, 1.54) is 23.8 Å². The van der Waals surface area contributed by atoms with Crippen LogP contribution in [-0.4, -0.2) is 11.0 Å². The van der Waals surface area contributed by atoms with Crippen LogP contribution in [0.25, 0.3) is 10.9 Å². The molecule has 2 unspecified atom stereocenters. The minimum atomic E-state index is 0.267. The molecule has 2 aromatic rings. The van der Waals surface area contributed by atoms with E-state index in [9.17, 15) is 0 Å². The smallest absolute Gasteiger partial charge is 0.0704 e. The summed E-state index contributed by atoms with van der Waals surface area (Å²) in [6.07, 6.45) is 5.59. The van der Waals surface area contributed by atoms with Gasteiger partial charge in [-0.15, -0.1) is 0 Å². The molecule has 0 radical (unpaired) electrons. The highest BCUT2D eigenvalue weighted by atomic mass is 14.7. The number of aromatic nitrogens is 1. The SMILES string of the molecule is CC(C(N)Cc1ccnc2ccccc12)C1CC1. The van der Waals surface area contributed by atoms with Crippen molar-refractivity contribution in [1.82, 2.24) is 4.98 Å². The predicted molar refractivity (Wildman–Crippen MR) is 75.3 cm³/mol. The summed E-state index contributed by atoms with van der Waals surface area (Å²) in [7, 11) is 0. The summed E-state index contributed by atoms with van der Waals surface area (Å²) in [5, 5.41) is 1.25. The summed E-state index contributed by atoms with van der Waals surface area (Å²) >= 11 is 0. The molecular formula is C16H20N2. The van der Waals surface area contributed by atoms with Crippen LogP contribution < -0.4 is 5.73 Å². The van der Waals surface area contributed by atoms with E-state index in [2.05, 4.69) is 36.2 Å². The standard InChI is InChI=1S/C16H20N2/c1-11(12-6-7-12)15(17)10-13-8-9-18-16-5-3-2-4-14(13)16/h2-5,8-9,11-12,15H,6-7,10,17H2,1H3. The lowest BCUT2D eigenvalue weighted by molar-refractivity contribution is 0.405. The fourth-order valence-corrected chi connectivity index (χ4v) is 2.74. The maximum absolute atomic E-state index is 6.36. The zero-order chi connectivity index (χ0) is 12.5. The minimum Gasteiger partial charge on any atom is -0.327 e. The molecule has 18 heavy (non-hydrogen) atoms. The second kappa shape index (κ2) is 4.69. The molecule has 0 bridgehead atoms. The normalized spacial score (nSPS) is 18.8. The Hall–Kier alpha value is -1.41. The number of fused-ring (bicyclic) bond motifs is 1. The molecule has 1 saturated carbocycles. The topological polar surface area (TPSA) is 38.9 Å². The molecule has 2 nitrogen and oxygen atoms in total. The van der Waals surface area contributed by atoms with Gasteiger partial charge in [-0.2, -0.15) is 0 Å². The van der Waals surface area contributed by atoms with E-state index < -0.39 is 0 Å². The van der Waals surface area contributed by atoms with Gasteiger partial charge in [-0.3, -0.25) is 4.98 Å². The van der Waals surface area contributed by atoms with Gasteiger partial charge in [0, 0.05) is 17.6 Å². The summed E-state index contributed by atoms with van der Waals surface area (Å²) in [6.45, 7) is 2.30. The van der Waals surface area contributed by atoms with Gasteiger partial charge in [0.15, 0.2) is 0 Å². The summed E-state index contributed by atoms with van der Waals surface area (Å²) in [4.78, 5) is 4.40. The van der Waals surface area contributed by atoms with Crippen molar-refractivity contribution >= 4 is 10.9 Å². The Bertz CT molecular complexity index is 540. The molecule has 0 saturated heterocycles. The Morgan fingerprint density at radius 2 is 2.06 bits per heavy atom. The molecule has 1 aliphatic carbocycles. The van der Waals surface area contributed by atoms with Crippen LogP contribution in [0.4, 0.5) is 0 Å². The monoisotopic (exact) mass is 240 g/mol. The molecule has 2 atom stereocenters. The Morgan fingerprint density at radius 3 is 2.83 bits per heavy atom. The fraction of sp³-hybridized carbons (Fsp3) is 0.438. The number of para-hydroxylation sites is 1. The van der Waals surface area contributed by atoms with Crippen LogP contribution in [0, 0.1) is 11.8 Å². The number of pyridine rings is 1. The lowest BCUT2D eigenvalue weighted by Crippen LogP contribution is -2.31. The van der Waals surface area contributed by atoms with Gasteiger partial charge in [-0.25, -0.2) is 0 Å². The molecule has 1 fully saturated rings. The molecule has 1 heterocycles. The first kappa shape index (κ1) is 11.7. The van der Waals surface area contributed by atoms with Crippen LogP contribution in [0.1, 0.15) is 25.3 Å². The van der Waals surface area contributed by atoms with Gasteiger partial charge in [-0.05, 0) is 48.8 Å². The number of nitrogens with zero attached hydrogens (tertiary/aromatic N) is 1. The summed E-state index contributed by atoms with van der Waals surface area (Å²) in [6, 6.07) is 10.7. The number of hydrogen-bond donors (Lipinski definition) is 1. The predicted octanol–water partition coefficient (Wildman–Crippen LogP) is 3.15. The maximum atomic E-state index is 6.36. The molecule has 0 spiro atoms. The average molecular weight is 240 g/mol. The lowest BCUT2D eigenvalue weighted by Gasteiger charge is -2.20. The van der Waals surface area contributed by atoms with Gasteiger partial charge in [0.25, 0.3) is 0 Å². The number of rotatable bonds is 4. The molecular weight excluding hydrogens is 220 g/mol. The van der Waals surface area contributed by atoms with Crippen molar-refractivity contribution < 1.29 is 0 Å². The summed E-state index contributed by atoms with van der Waals surface area (Å²) in [5.41, 5.74) is 8.77. The third-order valence-corrected chi connectivity index (χ3v) is 4.24. The van der Waals surface area contributed by atoms with E-state index in [0.717, 1.165) is 17.9 Å². The van der Waals surface area contributed by atoms with E-state index in [4.69, 9.17) is 5.73 Å². The Balaban J connectivity index is 1.85. The quantitative estimate of drug-likeness (QED) is 0.891. The van der Waals surface area contributed by atoms with E-state index in [-0.39, 0.29) is 6.04 Å². The molecule has 0 amide bonds.